The molecule has 33 heavy (non-hydrogen) atoms. The number of benzene rings is 2. The SMILES string of the molecule is CN(C)/C=C/C(=O)Nc1cc2c(Nc3ccc(F)c(Cl)c3)ncnc2cc1O[C@H]1CCOC1. The van der Waals surface area contributed by atoms with Gasteiger partial charge in [-0.3, -0.25) is 4.79 Å². The number of carbonyl (C=O) groups excluding carboxylic acids is 1. The van der Waals surface area contributed by atoms with E-state index in [1.54, 1.807) is 29.3 Å². The molecule has 0 unspecified atom stereocenters. The molecule has 8 nitrogen and oxygen atoms in total. The second-order valence-electron chi connectivity index (χ2n) is 7.71. The molecule has 10 heteroatoms. The summed E-state index contributed by atoms with van der Waals surface area (Å²) in [6.45, 7) is 1.11. The Morgan fingerprint density at radius 1 is 1.30 bits per heavy atom. The first-order valence-electron chi connectivity index (χ1n) is 10.3. The van der Waals surface area contributed by atoms with Crippen molar-refractivity contribution in [2.75, 3.05) is 37.9 Å². The number of halogens is 2. The Labute approximate surface area is 195 Å². The maximum absolute atomic E-state index is 13.5. The Kier molecular flexibility index (Phi) is 6.90. The predicted molar refractivity (Wildman–Crippen MR) is 126 cm³/mol. The fourth-order valence-corrected chi connectivity index (χ4v) is 3.45. The van der Waals surface area contributed by atoms with Gasteiger partial charge in [-0.25, -0.2) is 14.4 Å². The highest BCUT2D eigenvalue weighted by Crippen LogP contribution is 2.35. The number of nitrogens with zero attached hydrogens (tertiary/aromatic N) is 3. The average molecular weight is 472 g/mol. The Morgan fingerprint density at radius 2 is 2.15 bits per heavy atom. The van der Waals surface area contributed by atoms with E-state index in [1.807, 2.05) is 14.1 Å². The van der Waals surface area contributed by atoms with Crippen LogP contribution in [-0.2, 0) is 9.53 Å². The lowest BCUT2D eigenvalue weighted by atomic mass is 10.1. The molecular formula is C23H23ClFN5O3. The zero-order valence-electron chi connectivity index (χ0n) is 18.1. The summed E-state index contributed by atoms with van der Waals surface area (Å²) in [5.74, 6) is 0.132. The van der Waals surface area contributed by atoms with Crippen LogP contribution in [0.4, 0.5) is 21.6 Å². The summed E-state index contributed by atoms with van der Waals surface area (Å²) in [5.41, 5.74) is 1.64. The molecule has 0 saturated carbocycles. The zero-order chi connectivity index (χ0) is 23.4. The maximum atomic E-state index is 13.5. The molecule has 0 aliphatic carbocycles. The van der Waals surface area contributed by atoms with Gasteiger partial charge in [0, 0.05) is 49.9 Å². The van der Waals surface area contributed by atoms with Gasteiger partial charge in [0.05, 0.1) is 29.4 Å². The Morgan fingerprint density at radius 3 is 2.88 bits per heavy atom. The maximum Gasteiger partial charge on any atom is 0.249 e. The summed E-state index contributed by atoms with van der Waals surface area (Å²) < 4.78 is 25.1. The first kappa shape index (κ1) is 22.8. The lowest BCUT2D eigenvalue weighted by Crippen LogP contribution is -2.18. The van der Waals surface area contributed by atoms with Crippen LogP contribution >= 0.6 is 11.6 Å². The van der Waals surface area contributed by atoms with E-state index < -0.39 is 5.82 Å². The molecule has 1 aromatic heterocycles. The van der Waals surface area contributed by atoms with Gasteiger partial charge in [-0.2, -0.15) is 0 Å². The topological polar surface area (TPSA) is 88.6 Å². The molecule has 1 amide bonds. The van der Waals surface area contributed by atoms with Crippen molar-refractivity contribution in [1.82, 2.24) is 14.9 Å². The van der Waals surface area contributed by atoms with Gasteiger partial charge in [-0.1, -0.05) is 11.6 Å². The summed E-state index contributed by atoms with van der Waals surface area (Å²) in [7, 11) is 3.65. The standard InChI is InChI=1S/C23H23ClFN5O3/c1-30(2)7-5-22(31)29-20-10-16-19(11-21(20)33-15-6-8-32-12-15)26-13-27-23(16)28-14-3-4-18(25)17(24)9-14/h3-5,7,9-11,13,15H,6,8,12H2,1-2H3,(H,29,31)(H,26,27,28)/b7-5+/t15-/m0/s1. The van der Waals surface area contributed by atoms with Crippen LogP contribution < -0.4 is 15.4 Å². The number of amides is 1. The number of hydrogen-bond donors (Lipinski definition) is 2. The Bertz CT molecular complexity index is 1200. The number of rotatable bonds is 7. The van der Waals surface area contributed by atoms with Crippen LogP contribution in [0.2, 0.25) is 5.02 Å². The van der Waals surface area contributed by atoms with Crippen LogP contribution in [0.1, 0.15) is 6.42 Å². The van der Waals surface area contributed by atoms with Gasteiger partial charge in [0.25, 0.3) is 0 Å². The molecule has 4 rings (SSSR count). The monoisotopic (exact) mass is 471 g/mol. The molecule has 172 valence electrons. The summed E-state index contributed by atoms with van der Waals surface area (Å²) in [5, 5.41) is 6.63. The minimum atomic E-state index is -0.511. The van der Waals surface area contributed by atoms with Crippen molar-refractivity contribution >= 4 is 45.6 Å². The molecule has 1 atom stereocenters. The van der Waals surface area contributed by atoms with Crippen LogP contribution in [0.5, 0.6) is 5.75 Å². The lowest BCUT2D eigenvalue weighted by Gasteiger charge is -2.18. The minimum Gasteiger partial charge on any atom is -0.486 e. The van der Waals surface area contributed by atoms with E-state index in [-0.39, 0.29) is 17.0 Å². The van der Waals surface area contributed by atoms with Crippen LogP contribution in [0.3, 0.4) is 0 Å². The average Bonchev–Trinajstić information content (AvgIpc) is 3.29. The fraction of sp³-hybridized carbons (Fsp3) is 0.261. The number of anilines is 3. The van der Waals surface area contributed by atoms with Crippen molar-refractivity contribution in [1.29, 1.82) is 0 Å². The van der Waals surface area contributed by atoms with Crippen molar-refractivity contribution in [2.45, 2.75) is 12.5 Å². The van der Waals surface area contributed by atoms with E-state index in [2.05, 4.69) is 20.6 Å². The van der Waals surface area contributed by atoms with Crippen molar-refractivity contribution in [3.63, 3.8) is 0 Å². The van der Waals surface area contributed by atoms with Gasteiger partial charge in [0.2, 0.25) is 5.91 Å². The predicted octanol–water partition coefficient (Wildman–Crippen LogP) is 4.35. The molecular weight excluding hydrogens is 449 g/mol. The number of hydrogen-bond acceptors (Lipinski definition) is 7. The van der Waals surface area contributed by atoms with Crippen molar-refractivity contribution in [2.24, 2.45) is 0 Å². The van der Waals surface area contributed by atoms with Gasteiger partial charge in [-0.05, 0) is 24.3 Å². The van der Waals surface area contributed by atoms with E-state index in [0.29, 0.717) is 47.1 Å². The normalized spacial score (nSPS) is 15.7. The van der Waals surface area contributed by atoms with Gasteiger partial charge in [0.1, 0.15) is 29.8 Å². The van der Waals surface area contributed by atoms with Crippen molar-refractivity contribution in [3.05, 3.63) is 59.8 Å². The molecule has 0 spiro atoms. The highest BCUT2D eigenvalue weighted by molar-refractivity contribution is 6.31. The number of fused-ring (bicyclic) bond motifs is 1. The van der Waals surface area contributed by atoms with E-state index >= 15 is 0 Å². The van der Waals surface area contributed by atoms with Gasteiger partial charge >= 0.3 is 0 Å². The second kappa shape index (κ2) is 10.0. The van der Waals surface area contributed by atoms with E-state index in [0.717, 1.165) is 6.42 Å². The summed E-state index contributed by atoms with van der Waals surface area (Å²) in [4.78, 5) is 22.9. The molecule has 1 saturated heterocycles. The first-order valence-corrected chi connectivity index (χ1v) is 10.7. The number of carbonyl (C=O) groups is 1. The third-order valence-corrected chi connectivity index (χ3v) is 5.17. The second-order valence-corrected chi connectivity index (χ2v) is 8.12. The fourth-order valence-electron chi connectivity index (χ4n) is 3.27. The Hall–Kier alpha value is -3.43. The first-order chi connectivity index (χ1) is 15.9. The largest absolute Gasteiger partial charge is 0.486 e. The number of aromatic nitrogens is 2. The Balaban J connectivity index is 1.71. The molecule has 2 N–H and O–H groups in total. The quantitative estimate of drug-likeness (QED) is 0.495. The molecule has 2 heterocycles. The van der Waals surface area contributed by atoms with Gasteiger partial charge in [0.15, 0.2) is 0 Å². The van der Waals surface area contributed by atoms with Crippen molar-refractivity contribution < 1.29 is 18.7 Å². The minimum absolute atomic E-state index is 0.00605. The third kappa shape index (κ3) is 5.68. The highest BCUT2D eigenvalue weighted by atomic mass is 35.5. The number of ether oxygens (including phenoxy) is 2. The molecule has 0 radical (unpaired) electrons. The van der Waals surface area contributed by atoms with Crippen LogP contribution in [0.15, 0.2) is 48.9 Å². The van der Waals surface area contributed by atoms with E-state index in [4.69, 9.17) is 21.1 Å². The summed E-state index contributed by atoms with van der Waals surface area (Å²) in [6.07, 6.45) is 5.13. The van der Waals surface area contributed by atoms with E-state index in [9.17, 15) is 9.18 Å². The van der Waals surface area contributed by atoms with Crippen LogP contribution in [0, 0.1) is 5.82 Å². The van der Waals surface area contributed by atoms with Gasteiger partial charge < -0.3 is 25.0 Å². The van der Waals surface area contributed by atoms with Crippen LogP contribution in [0.25, 0.3) is 10.9 Å². The summed E-state index contributed by atoms with van der Waals surface area (Å²) >= 11 is 5.90. The molecule has 2 aromatic carbocycles. The highest BCUT2D eigenvalue weighted by Gasteiger charge is 2.20. The van der Waals surface area contributed by atoms with Crippen molar-refractivity contribution in [3.8, 4) is 5.75 Å². The summed E-state index contributed by atoms with van der Waals surface area (Å²) in [6, 6.07) is 7.80. The third-order valence-electron chi connectivity index (χ3n) is 4.88. The molecule has 0 bridgehead atoms. The van der Waals surface area contributed by atoms with Crippen LogP contribution in [-0.4, -0.2) is 54.2 Å². The molecule has 1 fully saturated rings. The zero-order valence-corrected chi connectivity index (χ0v) is 18.9. The van der Waals surface area contributed by atoms with Gasteiger partial charge in [-0.15, -0.1) is 0 Å². The molecule has 1 aliphatic heterocycles. The smallest absolute Gasteiger partial charge is 0.249 e. The lowest BCUT2D eigenvalue weighted by molar-refractivity contribution is -0.112. The van der Waals surface area contributed by atoms with E-state index in [1.165, 1.54) is 24.5 Å². The molecule has 3 aromatic rings. The molecule has 1 aliphatic rings. The number of nitrogens with one attached hydrogen (secondary N) is 2.